The molecule has 0 bridgehead atoms. The van der Waals surface area contributed by atoms with E-state index in [2.05, 4.69) is 0 Å². The molecule has 0 aliphatic heterocycles. The van der Waals surface area contributed by atoms with Crippen LogP contribution < -0.4 is 5.73 Å². The molecular formula is C17H14ClFN2O2. The standard InChI is InChI=1S/C17H14ClFN2O2/c18-16-2-1-11(13(9-21)7-17(22)23)6-15(16)12-3-10(8-20)4-14(19)5-12/h1-6,13H,7,9,21H2,(H,22,23)/t13-/m0/s1. The molecule has 0 aliphatic carbocycles. The van der Waals surface area contributed by atoms with Crippen LogP contribution in [0.3, 0.4) is 0 Å². The summed E-state index contributed by atoms with van der Waals surface area (Å²) in [5.74, 6) is -1.86. The SMILES string of the molecule is N#Cc1cc(F)cc(-c2cc([C@H](CN)CC(=O)O)ccc2Cl)c1. The number of carboxylic acids is 1. The van der Waals surface area contributed by atoms with Gasteiger partial charge in [0.2, 0.25) is 0 Å². The molecule has 6 heteroatoms. The van der Waals surface area contributed by atoms with Gasteiger partial charge in [0, 0.05) is 16.5 Å². The van der Waals surface area contributed by atoms with Crippen LogP contribution in [0.15, 0.2) is 36.4 Å². The first-order valence-electron chi connectivity index (χ1n) is 6.87. The Morgan fingerprint density at radius 3 is 2.70 bits per heavy atom. The fourth-order valence-electron chi connectivity index (χ4n) is 2.38. The highest BCUT2D eigenvalue weighted by molar-refractivity contribution is 6.33. The monoisotopic (exact) mass is 332 g/mol. The lowest BCUT2D eigenvalue weighted by molar-refractivity contribution is -0.137. The molecule has 0 fully saturated rings. The average molecular weight is 333 g/mol. The molecule has 0 heterocycles. The Morgan fingerprint density at radius 2 is 2.09 bits per heavy atom. The second-order valence-corrected chi connectivity index (χ2v) is 5.52. The van der Waals surface area contributed by atoms with Crippen LogP contribution in [-0.2, 0) is 4.79 Å². The summed E-state index contributed by atoms with van der Waals surface area (Å²) in [6.07, 6.45) is -0.107. The second kappa shape index (κ2) is 7.23. The summed E-state index contributed by atoms with van der Waals surface area (Å²) in [5, 5.41) is 18.3. The number of carbonyl (C=O) groups is 1. The van der Waals surface area contributed by atoms with Crippen LogP contribution in [-0.4, -0.2) is 17.6 Å². The second-order valence-electron chi connectivity index (χ2n) is 5.11. The third kappa shape index (κ3) is 4.07. The number of nitrogens with two attached hydrogens (primary N) is 1. The molecule has 0 radical (unpaired) electrons. The van der Waals surface area contributed by atoms with E-state index in [9.17, 15) is 9.18 Å². The molecular weight excluding hydrogens is 319 g/mol. The molecule has 0 unspecified atom stereocenters. The molecule has 2 aromatic rings. The van der Waals surface area contributed by atoms with Gasteiger partial charge in [-0.2, -0.15) is 5.26 Å². The fraction of sp³-hybridized carbons (Fsp3) is 0.176. The van der Waals surface area contributed by atoms with Crippen molar-refractivity contribution < 1.29 is 14.3 Å². The van der Waals surface area contributed by atoms with E-state index in [1.807, 2.05) is 6.07 Å². The highest BCUT2D eigenvalue weighted by Gasteiger charge is 2.16. The molecule has 0 saturated carbocycles. The summed E-state index contributed by atoms with van der Waals surface area (Å²) < 4.78 is 13.6. The highest BCUT2D eigenvalue weighted by Crippen LogP contribution is 2.32. The van der Waals surface area contributed by atoms with E-state index in [0.29, 0.717) is 21.7 Å². The zero-order chi connectivity index (χ0) is 17.0. The van der Waals surface area contributed by atoms with E-state index in [1.165, 1.54) is 12.1 Å². The van der Waals surface area contributed by atoms with E-state index < -0.39 is 11.8 Å². The van der Waals surface area contributed by atoms with Crippen LogP contribution in [0.25, 0.3) is 11.1 Å². The summed E-state index contributed by atoms with van der Waals surface area (Å²) in [6.45, 7) is 0.167. The minimum atomic E-state index is -0.950. The Bertz CT molecular complexity index is 787. The molecule has 23 heavy (non-hydrogen) atoms. The van der Waals surface area contributed by atoms with Gasteiger partial charge in [-0.1, -0.05) is 17.7 Å². The van der Waals surface area contributed by atoms with Crippen LogP contribution in [0, 0.1) is 17.1 Å². The van der Waals surface area contributed by atoms with Crippen molar-refractivity contribution in [2.24, 2.45) is 5.73 Å². The number of carboxylic acid groups (broad SMARTS) is 1. The van der Waals surface area contributed by atoms with Crippen molar-refractivity contribution in [3.05, 3.63) is 58.4 Å². The molecule has 0 spiro atoms. The third-order valence-electron chi connectivity index (χ3n) is 3.51. The first-order chi connectivity index (χ1) is 10.9. The zero-order valence-corrected chi connectivity index (χ0v) is 12.8. The van der Waals surface area contributed by atoms with E-state index in [-0.39, 0.29) is 24.4 Å². The predicted octanol–water partition coefficient (Wildman–Crippen LogP) is 3.53. The topological polar surface area (TPSA) is 87.1 Å². The van der Waals surface area contributed by atoms with Gasteiger partial charge < -0.3 is 10.8 Å². The van der Waals surface area contributed by atoms with Crippen LogP contribution in [0.5, 0.6) is 0 Å². The van der Waals surface area contributed by atoms with E-state index >= 15 is 0 Å². The summed E-state index contributed by atoms with van der Waals surface area (Å²) in [6, 6.07) is 10.9. The Kier molecular flexibility index (Phi) is 5.32. The van der Waals surface area contributed by atoms with Crippen molar-refractivity contribution in [3.8, 4) is 17.2 Å². The first-order valence-corrected chi connectivity index (χ1v) is 7.24. The van der Waals surface area contributed by atoms with Crippen molar-refractivity contribution >= 4 is 17.6 Å². The zero-order valence-electron chi connectivity index (χ0n) is 12.1. The van der Waals surface area contributed by atoms with Crippen LogP contribution in [0.2, 0.25) is 5.02 Å². The van der Waals surface area contributed by atoms with Gasteiger partial charge in [0.15, 0.2) is 0 Å². The molecule has 0 amide bonds. The number of hydrogen-bond acceptors (Lipinski definition) is 3. The van der Waals surface area contributed by atoms with Gasteiger partial charge in [-0.3, -0.25) is 4.79 Å². The molecule has 4 nitrogen and oxygen atoms in total. The number of hydrogen-bond donors (Lipinski definition) is 2. The Hall–Kier alpha value is -2.42. The van der Waals surface area contributed by atoms with Gasteiger partial charge in [-0.05, 0) is 48.0 Å². The molecule has 1 atom stereocenters. The minimum absolute atomic E-state index is 0.107. The Labute approximate surface area is 137 Å². The molecule has 2 aromatic carbocycles. The summed E-state index contributed by atoms with van der Waals surface area (Å²) in [4.78, 5) is 10.9. The molecule has 0 aliphatic rings. The highest BCUT2D eigenvalue weighted by atomic mass is 35.5. The predicted molar refractivity (Wildman–Crippen MR) is 85.6 cm³/mol. The van der Waals surface area contributed by atoms with Gasteiger partial charge in [-0.15, -0.1) is 0 Å². The maximum absolute atomic E-state index is 13.6. The van der Waals surface area contributed by atoms with Crippen LogP contribution >= 0.6 is 11.6 Å². The van der Waals surface area contributed by atoms with Crippen molar-refractivity contribution in [1.82, 2.24) is 0 Å². The lowest BCUT2D eigenvalue weighted by Gasteiger charge is -2.15. The van der Waals surface area contributed by atoms with Gasteiger partial charge in [0.25, 0.3) is 0 Å². The first kappa shape index (κ1) is 16.9. The molecule has 2 rings (SSSR count). The lowest BCUT2D eigenvalue weighted by atomic mass is 9.92. The Morgan fingerprint density at radius 1 is 1.35 bits per heavy atom. The minimum Gasteiger partial charge on any atom is -0.481 e. The van der Waals surface area contributed by atoms with Gasteiger partial charge in [0.1, 0.15) is 5.82 Å². The van der Waals surface area contributed by atoms with E-state index in [4.69, 9.17) is 27.7 Å². The van der Waals surface area contributed by atoms with Crippen molar-refractivity contribution in [1.29, 1.82) is 5.26 Å². The number of nitrogens with zero attached hydrogens (tertiary/aromatic N) is 1. The van der Waals surface area contributed by atoms with Crippen molar-refractivity contribution in [2.45, 2.75) is 12.3 Å². The number of halogens is 2. The third-order valence-corrected chi connectivity index (χ3v) is 3.83. The fourth-order valence-corrected chi connectivity index (χ4v) is 2.60. The van der Waals surface area contributed by atoms with Crippen molar-refractivity contribution in [2.75, 3.05) is 6.54 Å². The van der Waals surface area contributed by atoms with Crippen LogP contribution in [0.1, 0.15) is 23.5 Å². The van der Waals surface area contributed by atoms with Gasteiger partial charge in [0.05, 0.1) is 18.1 Å². The number of benzene rings is 2. The Balaban J connectivity index is 2.51. The lowest BCUT2D eigenvalue weighted by Crippen LogP contribution is -2.16. The molecule has 0 saturated heterocycles. The van der Waals surface area contributed by atoms with Gasteiger partial charge in [-0.25, -0.2) is 4.39 Å². The molecule has 0 aromatic heterocycles. The number of aliphatic carboxylic acids is 1. The van der Waals surface area contributed by atoms with Crippen LogP contribution in [0.4, 0.5) is 4.39 Å². The summed E-state index contributed by atoms with van der Waals surface area (Å²) >= 11 is 6.18. The van der Waals surface area contributed by atoms with Crippen molar-refractivity contribution in [3.63, 3.8) is 0 Å². The number of rotatable bonds is 5. The summed E-state index contributed by atoms with van der Waals surface area (Å²) in [7, 11) is 0. The van der Waals surface area contributed by atoms with Gasteiger partial charge >= 0.3 is 5.97 Å². The largest absolute Gasteiger partial charge is 0.481 e. The summed E-state index contributed by atoms with van der Waals surface area (Å²) in [5.41, 5.74) is 7.53. The quantitative estimate of drug-likeness (QED) is 0.876. The smallest absolute Gasteiger partial charge is 0.304 e. The maximum Gasteiger partial charge on any atom is 0.304 e. The van der Waals surface area contributed by atoms with E-state index in [1.54, 1.807) is 18.2 Å². The van der Waals surface area contributed by atoms with E-state index in [0.717, 1.165) is 6.07 Å². The molecule has 3 N–H and O–H groups in total. The normalized spacial score (nSPS) is 11.7. The number of nitriles is 1. The average Bonchev–Trinajstić information content (AvgIpc) is 2.52. The molecule has 118 valence electrons. The maximum atomic E-state index is 13.6.